The highest BCUT2D eigenvalue weighted by atomic mass is 35.5. The molecule has 0 nitrogen and oxygen atoms in total. The third-order valence-corrected chi connectivity index (χ3v) is 4.42. The van der Waals surface area contributed by atoms with Crippen LogP contribution in [0.3, 0.4) is 0 Å². The molecule has 1 unspecified atom stereocenters. The zero-order valence-corrected chi connectivity index (χ0v) is 11.2. The van der Waals surface area contributed by atoms with Crippen molar-refractivity contribution in [3.63, 3.8) is 0 Å². The fraction of sp³-hybridized carbons (Fsp3) is 0.167. The van der Waals surface area contributed by atoms with Crippen LogP contribution in [-0.4, -0.2) is 0 Å². The number of hydrogen-bond acceptors (Lipinski definition) is 1. The second-order valence-corrected chi connectivity index (χ2v) is 5.37. The number of hydrogen-bond donors (Lipinski definition) is 0. The summed E-state index contributed by atoms with van der Waals surface area (Å²) >= 11 is 13.3. The maximum atomic E-state index is 12.9. The Morgan fingerprint density at radius 3 is 2.33 bits per heavy atom. The van der Waals surface area contributed by atoms with Gasteiger partial charge < -0.3 is 0 Å². The van der Waals surface area contributed by atoms with Crippen molar-refractivity contribution in [3.8, 4) is 0 Å². The SMILES string of the molecule is FC(F)(F)c1ccccc1C(Cl)c1sccc1Cl. The van der Waals surface area contributed by atoms with Gasteiger partial charge in [0.1, 0.15) is 0 Å². The van der Waals surface area contributed by atoms with Crippen LogP contribution >= 0.6 is 34.5 Å². The molecular formula is C12H7Cl2F3S. The Balaban J connectivity index is 2.49. The van der Waals surface area contributed by atoms with Crippen molar-refractivity contribution in [2.24, 2.45) is 0 Å². The average molecular weight is 311 g/mol. The lowest BCUT2D eigenvalue weighted by Gasteiger charge is -2.16. The molecule has 0 fully saturated rings. The topological polar surface area (TPSA) is 0 Å². The molecule has 0 bridgehead atoms. The quantitative estimate of drug-likeness (QED) is 0.620. The zero-order valence-electron chi connectivity index (χ0n) is 8.84. The predicted molar refractivity (Wildman–Crippen MR) is 68.5 cm³/mol. The Morgan fingerprint density at radius 2 is 1.78 bits per heavy atom. The molecule has 96 valence electrons. The van der Waals surface area contributed by atoms with Gasteiger partial charge in [-0.1, -0.05) is 29.8 Å². The van der Waals surface area contributed by atoms with Crippen LogP contribution in [0.1, 0.15) is 21.4 Å². The number of alkyl halides is 4. The summed E-state index contributed by atoms with van der Waals surface area (Å²) in [4.78, 5) is 0.523. The number of thiophene rings is 1. The Hall–Kier alpha value is -0.710. The van der Waals surface area contributed by atoms with E-state index < -0.39 is 17.1 Å². The van der Waals surface area contributed by atoms with Crippen LogP contribution in [0, 0.1) is 0 Å². The van der Waals surface area contributed by atoms with E-state index in [1.165, 1.54) is 29.5 Å². The van der Waals surface area contributed by atoms with Crippen LogP contribution in [0.5, 0.6) is 0 Å². The van der Waals surface area contributed by atoms with Gasteiger partial charge in [-0.2, -0.15) is 13.2 Å². The van der Waals surface area contributed by atoms with E-state index in [2.05, 4.69) is 0 Å². The summed E-state index contributed by atoms with van der Waals surface area (Å²) in [7, 11) is 0. The Bertz CT molecular complexity index is 548. The molecule has 1 aromatic heterocycles. The molecule has 1 atom stereocenters. The van der Waals surface area contributed by atoms with E-state index in [-0.39, 0.29) is 5.56 Å². The average Bonchev–Trinajstić information content (AvgIpc) is 2.73. The predicted octanol–water partition coefficient (Wildman–Crippen LogP) is 5.75. The number of halogens is 5. The lowest BCUT2D eigenvalue weighted by atomic mass is 10.0. The molecule has 0 aliphatic carbocycles. The summed E-state index contributed by atoms with van der Waals surface area (Å²) in [6.45, 7) is 0. The Morgan fingerprint density at radius 1 is 1.11 bits per heavy atom. The molecule has 2 rings (SSSR count). The van der Waals surface area contributed by atoms with E-state index in [0.29, 0.717) is 9.90 Å². The highest BCUT2D eigenvalue weighted by Crippen LogP contribution is 2.42. The van der Waals surface area contributed by atoms with Gasteiger partial charge in [-0.05, 0) is 23.1 Å². The molecule has 0 aliphatic heterocycles. The first-order chi connectivity index (χ1) is 8.41. The highest BCUT2D eigenvalue weighted by Gasteiger charge is 2.35. The van der Waals surface area contributed by atoms with Gasteiger partial charge in [-0.3, -0.25) is 0 Å². The summed E-state index contributed by atoms with van der Waals surface area (Å²) in [6, 6.07) is 6.88. The van der Waals surface area contributed by atoms with Gasteiger partial charge in [-0.15, -0.1) is 22.9 Å². The summed E-state index contributed by atoms with van der Waals surface area (Å²) in [5.74, 6) is 0. The first-order valence-electron chi connectivity index (χ1n) is 4.94. The lowest BCUT2D eigenvalue weighted by molar-refractivity contribution is -0.138. The molecule has 6 heteroatoms. The normalized spacial score (nSPS) is 13.6. The molecule has 1 aromatic carbocycles. The number of benzene rings is 1. The van der Waals surface area contributed by atoms with Gasteiger partial charge in [0.15, 0.2) is 0 Å². The second-order valence-electron chi connectivity index (χ2n) is 3.58. The summed E-state index contributed by atoms with van der Waals surface area (Å²) in [5.41, 5.74) is -0.703. The van der Waals surface area contributed by atoms with Crippen molar-refractivity contribution >= 4 is 34.5 Å². The standard InChI is InChI=1S/C12H7Cl2F3S/c13-9-5-6-18-11(9)10(14)7-3-1-2-4-8(7)12(15,16)17/h1-6,10H. The number of rotatable bonds is 2. The molecular weight excluding hydrogens is 304 g/mol. The highest BCUT2D eigenvalue weighted by molar-refractivity contribution is 7.11. The minimum absolute atomic E-state index is 0.0241. The molecule has 1 heterocycles. The van der Waals surface area contributed by atoms with Crippen LogP contribution in [0.2, 0.25) is 5.02 Å². The molecule has 18 heavy (non-hydrogen) atoms. The molecule has 0 spiro atoms. The van der Waals surface area contributed by atoms with Crippen LogP contribution < -0.4 is 0 Å². The second kappa shape index (κ2) is 5.11. The smallest absolute Gasteiger partial charge is 0.166 e. The minimum Gasteiger partial charge on any atom is -0.166 e. The summed E-state index contributed by atoms with van der Waals surface area (Å²) < 4.78 is 38.6. The van der Waals surface area contributed by atoms with Crippen molar-refractivity contribution in [2.75, 3.05) is 0 Å². The van der Waals surface area contributed by atoms with Crippen LogP contribution in [0.25, 0.3) is 0 Å². The Kier molecular flexibility index (Phi) is 3.90. The van der Waals surface area contributed by atoms with Gasteiger partial charge in [-0.25, -0.2) is 0 Å². The molecule has 0 radical (unpaired) electrons. The molecule has 0 amide bonds. The lowest BCUT2D eigenvalue weighted by Crippen LogP contribution is -2.10. The first kappa shape index (κ1) is 13.7. The largest absolute Gasteiger partial charge is 0.416 e. The van der Waals surface area contributed by atoms with Crippen molar-refractivity contribution < 1.29 is 13.2 Å². The van der Waals surface area contributed by atoms with Gasteiger partial charge in [0.05, 0.1) is 16.0 Å². The Labute approximate surface area is 116 Å². The van der Waals surface area contributed by atoms with E-state index in [9.17, 15) is 13.2 Å². The van der Waals surface area contributed by atoms with Crippen molar-refractivity contribution in [3.05, 3.63) is 56.7 Å². The maximum absolute atomic E-state index is 12.9. The molecule has 0 saturated heterocycles. The van der Waals surface area contributed by atoms with Gasteiger partial charge in [0, 0.05) is 4.88 Å². The van der Waals surface area contributed by atoms with E-state index >= 15 is 0 Å². The minimum atomic E-state index is -4.42. The molecule has 0 saturated carbocycles. The fourth-order valence-corrected chi connectivity index (χ4v) is 3.28. The summed E-state index contributed by atoms with van der Waals surface area (Å²) in [6.07, 6.45) is -4.42. The van der Waals surface area contributed by atoms with Crippen molar-refractivity contribution in [1.29, 1.82) is 0 Å². The third-order valence-electron chi connectivity index (χ3n) is 2.41. The molecule has 2 aromatic rings. The van der Waals surface area contributed by atoms with Gasteiger partial charge in [0.25, 0.3) is 0 Å². The van der Waals surface area contributed by atoms with Gasteiger partial charge in [0.2, 0.25) is 0 Å². The molecule has 0 aliphatic rings. The summed E-state index contributed by atoms with van der Waals surface area (Å²) in [5, 5.41) is 1.19. The van der Waals surface area contributed by atoms with Crippen molar-refractivity contribution in [2.45, 2.75) is 11.6 Å². The molecule has 0 N–H and O–H groups in total. The third kappa shape index (κ3) is 2.66. The van der Waals surface area contributed by atoms with Crippen LogP contribution in [0.15, 0.2) is 35.7 Å². The van der Waals surface area contributed by atoms with Crippen molar-refractivity contribution in [1.82, 2.24) is 0 Å². The van der Waals surface area contributed by atoms with E-state index in [0.717, 1.165) is 6.07 Å². The van der Waals surface area contributed by atoms with E-state index in [4.69, 9.17) is 23.2 Å². The van der Waals surface area contributed by atoms with Crippen LogP contribution in [-0.2, 0) is 6.18 Å². The van der Waals surface area contributed by atoms with Crippen LogP contribution in [0.4, 0.5) is 13.2 Å². The maximum Gasteiger partial charge on any atom is 0.416 e. The first-order valence-corrected chi connectivity index (χ1v) is 6.63. The fourth-order valence-electron chi connectivity index (χ4n) is 1.60. The van der Waals surface area contributed by atoms with E-state index in [1.807, 2.05) is 0 Å². The van der Waals surface area contributed by atoms with Gasteiger partial charge >= 0.3 is 6.18 Å². The zero-order chi connectivity index (χ0) is 13.3. The van der Waals surface area contributed by atoms with E-state index in [1.54, 1.807) is 11.4 Å². The monoisotopic (exact) mass is 310 g/mol.